The first-order valence-electron chi connectivity index (χ1n) is 6.24. The second-order valence-corrected chi connectivity index (χ2v) is 7.99. The van der Waals surface area contributed by atoms with Gasteiger partial charge in [0.1, 0.15) is 9.77 Å². The Morgan fingerprint density at radius 3 is 2.67 bits per heavy atom. The first-order valence-corrected chi connectivity index (χ1v) is 9.48. The molecule has 0 saturated heterocycles. The van der Waals surface area contributed by atoms with Crippen molar-refractivity contribution < 1.29 is 18.3 Å². The second-order valence-electron chi connectivity index (χ2n) is 4.48. The summed E-state index contributed by atoms with van der Waals surface area (Å²) in [7, 11) is -3.87. The highest BCUT2D eigenvalue weighted by atomic mass is 32.2. The van der Waals surface area contributed by atoms with Crippen LogP contribution < -0.4 is 4.72 Å². The number of sulfonamides is 1. The molecule has 0 saturated carbocycles. The third-order valence-electron chi connectivity index (χ3n) is 2.97. The molecule has 0 spiro atoms. The molecule has 0 aliphatic carbocycles. The van der Waals surface area contributed by atoms with Crippen molar-refractivity contribution in [2.75, 3.05) is 0 Å². The van der Waals surface area contributed by atoms with Gasteiger partial charge in [-0.15, -0.1) is 22.7 Å². The Kier molecular flexibility index (Phi) is 4.82. The van der Waals surface area contributed by atoms with Gasteiger partial charge < -0.3 is 5.11 Å². The largest absolute Gasteiger partial charge is 0.477 e. The average Bonchev–Trinajstić information content (AvgIpc) is 3.04. The molecule has 2 aromatic heterocycles. The summed E-state index contributed by atoms with van der Waals surface area (Å²) in [6, 6.07) is 3.37. The molecule has 0 amide bonds. The molecule has 8 heteroatoms. The van der Waals surface area contributed by atoms with Crippen LogP contribution in [-0.4, -0.2) is 19.5 Å². The van der Waals surface area contributed by atoms with Crippen LogP contribution in [0.5, 0.6) is 0 Å². The van der Waals surface area contributed by atoms with E-state index in [4.69, 9.17) is 5.11 Å². The quantitative estimate of drug-likeness (QED) is 0.842. The van der Waals surface area contributed by atoms with E-state index in [1.807, 2.05) is 24.4 Å². The standard InChI is InChI=1S/C13H15NO4S3/c1-3-9(10-5-4-6-19-10)14-21(17,18)12-8(2)7-20-11(12)13(15)16/h4-7,9,14H,3H2,1-2H3,(H,15,16). The predicted molar refractivity (Wildman–Crippen MR) is 83.7 cm³/mol. The van der Waals surface area contributed by atoms with Crippen molar-refractivity contribution in [1.29, 1.82) is 0 Å². The Balaban J connectivity index is 2.39. The fourth-order valence-corrected chi connectivity index (χ4v) is 5.86. The lowest BCUT2D eigenvalue weighted by molar-refractivity contribution is 0.0698. The van der Waals surface area contributed by atoms with Gasteiger partial charge in [0, 0.05) is 4.88 Å². The summed E-state index contributed by atoms with van der Waals surface area (Å²) < 4.78 is 27.7. The third-order valence-corrected chi connectivity index (χ3v) is 6.83. The molecule has 0 fully saturated rings. The van der Waals surface area contributed by atoms with Crippen LogP contribution in [0.3, 0.4) is 0 Å². The maximum atomic E-state index is 12.5. The van der Waals surface area contributed by atoms with Crippen LogP contribution in [0.2, 0.25) is 0 Å². The van der Waals surface area contributed by atoms with E-state index < -0.39 is 16.0 Å². The van der Waals surface area contributed by atoms with Gasteiger partial charge >= 0.3 is 5.97 Å². The zero-order valence-corrected chi connectivity index (χ0v) is 13.9. The normalized spacial score (nSPS) is 13.2. The molecule has 0 radical (unpaired) electrons. The van der Waals surface area contributed by atoms with E-state index in [0.29, 0.717) is 12.0 Å². The molecule has 114 valence electrons. The number of nitrogens with one attached hydrogen (secondary N) is 1. The van der Waals surface area contributed by atoms with Crippen LogP contribution in [0, 0.1) is 6.92 Å². The minimum absolute atomic E-state index is 0.130. The Labute approximate surface area is 131 Å². The van der Waals surface area contributed by atoms with E-state index in [0.717, 1.165) is 16.2 Å². The maximum absolute atomic E-state index is 12.5. The molecule has 0 aliphatic rings. The molecule has 0 aliphatic heterocycles. The van der Waals surface area contributed by atoms with Crippen LogP contribution in [0.15, 0.2) is 27.8 Å². The van der Waals surface area contributed by atoms with E-state index in [1.54, 1.807) is 12.3 Å². The van der Waals surface area contributed by atoms with Crippen molar-refractivity contribution in [1.82, 2.24) is 4.72 Å². The molecule has 2 rings (SSSR count). The lowest BCUT2D eigenvalue weighted by Gasteiger charge is -2.16. The molecular formula is C13H15NO4S3. The molecule has 0 bridgehead atoms. The fourth-order valence-electron chi connectivity index (χ4n) is 1.99. The Bertz CT molecular complexity index is 732. The molecule has 0 aromatic carbocycles. The van der Waals surface area contributed by atoms with Crippen LogP contribution in [0.1, 0.15) is 39.5 Å². The monoisotopic (exact) mass is 345 g/mol. The average molecular weight is 345 g/mol. The summed E-state index contributed by atoms with van der Waals surface area (Å²) in [5.41, 5.74) is 0.450. The Morgan fingerprint density at radius 2 is 2.14 bits per heavy atom. The number of carbonyl (C=O) groups is 1. The van der Waals surface area contributed by atoms with Gasteiger partial charge in [0.15, 0.2) is 0 Å². The van der Waals surface area contributed by atoms with Crippen LogP contribution >= 0.6 is 22.7 Å². The number of rotatable bonds is 6. The highest BCUT2D eigenvalue weighted by Gasteiger charge is 2.29. The molecule has 21 heavy (non-hydrogen) atoms. The Morgan fingerprint density at radius 1 is 1.43 bits per heavy atom. The second kappa shape index (κ2) is 6.27. The molecule has 1 unspecified atom stereocenters. The molecule has 2 N–H and O–H groups in total. The van der Waals surface area contributed by atoms with Gasteiger partial charge in [-0.2, -0.15) is 0 Å². The molecule has 5 nitrogen and oxygen atoms in total. The number of thiophene rings is 2. The van der Waals surface area contributed by atoms with E-state index in [1.165, 1.54) is 11.3 Å². The van der Waals surface area contributed by atoms with Crippen molar-refractivity contribution in [3.8, 4) is 0 Å². The maximum Gasteiger partial charge on any atom is 0.347 e. The zero-order valence-electron chi connectivity index (χ0n) is 11.5. The first-order chi connectivity index (χ1) is 9.86. The fraction of sp³-hybridized carbons (Fsp3) is 0.308. The molecule has 2 aromatic rings. The third kappa shape index (κ3) is 3.34. The summed E-state index contributed by atoms with van der Waals surface area (Å²) in [5, 5.41) is 12.6. The molecular weight excluding hydrogens is 330 g/mol. The topological polar surface area (TPSA) is 83.5 Å². The summed E-state index contributed by atoms with van der Waals surface area (Å²) in [6.45, 7) is 3.48. The van der Waals surface area contributed by atoms with Crippen LogP contribution in [-0.2, 0) is 10.0 Å². The predicted octanol–water partition coefficient (Wildman–Crippen LogP) is 3.25. The van der Waals surface area contributed by atoms with E-state index in [2.05, 4.69) is 4.72 Å². The van der Waals surface area contributed by atoms with Crippen molar-refractivity contribution in [2.45, 2.75) is 31.2 Å². The van der Waals surface area contributed by atoms with Gasteiger partial charge in [0.25, 0.3) is 0 Å². The summed E-state index contributed by atoms with van der Waals surface area (Å²) in [6.07, 6.45) is 0.589. The van der Waals surface area contributed by atoms with Crippen molar-refractivity contribution in [3.63, 3.8) is 0 Å². The highest BCUT2D eigenvalue weighted by Crippen LogP contribution is 2.30. The summed E-state index contributed by atoms with van der Waals surface area (Å²) in [5.74, 6) is -1.22. The number of carboxylic acids is 1. The van der Waals surface area contributed by atoms with E-state index in [9.17, 15) is 13.2 Å². The number of aromatic carboxylic acids is 1. The number of hydrogen-bond donors (Lipinski definition) is 2. The number of carboxylic acid groups (broad SMARTS) is 1. The van der Waals surface area contributed by atoms with Crippen molar-refractivity contribution >= 4 is 38.7 Å². The lowest BCUT2D eigenvalue weighted by atomic mass is 10.2. The van der Waals surface area contributed by atoms with Gasteiger partial charge in [-0.3, -0.25) is 0 Å². The first kappa shape index (κ1) is 16.2. The van der Waals surface area contributed by atoms with Crippen LogP contribution in [0.25, 0.3) is 0 Å². The van der Waals surface area contributed by atoms with Crippen molar-refractivity contribution in [3.05, 3.63) is 38.2 Å². The van der Waals surface area contributed by atoms with Gasteiger partial charge in [-0.25, -0.2) is 17.9 Å². The molecule has 2 heterocycles. The summed E-state index contributed by atoms with van der Waals surface area (Å²) >= 11 is 2.39. The van der Waals surface area contributed by atoms with Gasteiger partial charge in [0.2, 0.25) is 10.0 Å². The smallest absolute Gasteiger partial charge is 0.347 e. The number of aryl methyl sites for hydroxylation is 1. The molecule has 1 atom stereocenters. The van der Waals surface area contributed by atoms with Crippen molar-refractivity contribution in [2.24, 2.45) is 0 Å². The van der Waals surface area contributed by atoms with Gasteiger partial charge in [-0.1, -0.05) is 13.0 Å². The zero-order chi connectivity index (χ0) is 15.6. The Hall–Kier alpha value is -1.22. The summed E-state index contributed by atoms with van der Waals surface area (Å²) in [4.78, 5) is 11.8. The van der Waals surface area contributed by atoms with E-state index >= 15 is 0 Å². The highest BCUT2D eigenvalue weighted by molar-refractivity contribution is 7.89. The minimum atomic E-state index is -3.87. The van der Waals surface area contributed by atoms with Crippen LogP contribution in [0.4, 0.5) is 0 Å². The minimum Gasteiger partial charge on any atom is -0.477 e. The van der Waals surface area contributed by atoms with E-state index in [-0.39, 0.29) is 15.8 Å². The van der Waals surface area contributed by atoms with Gasteiger partial charge in [-0.05, 0) is 35.7 Å². The SMILES string of the molecule is CCC(NS(=O)(=O)c1c(C)csc1C(=O)O)c1cccs1. The van der Waals surface area contributed by atoms with Gasteiger partial charge in [0.05, 0.1) is 6.04 Å². The lowest BCUT2D eigenvalue weighted by Crippen LogP contribution is -2.29. The number of hydrogen-bond acceptors (Lipinski definition) is 5.